The summed E-state index contributed by atoms with van der Waals surface area (Å²) in [6, 6.07) is 57.6. The van der Waals surface area contributed by atoms with Crippen LogP contribution in [-0.4, -0.2) is 0 Å². The zero-order valence-corrected chi connectivity index (χ0v) is 25.4. The van der Waals surface area contributed by atoms with Crippen molar-refractivity contribution in [2.75, 3.05) is 4.90 Å². The molecule has 10 rings (SSSR count). The van der Waals surface area contributed by atoms with Crippen molar-refractivity contribution in [2.45, 2.75) is 0 Å². The van der Waals surface area contributed by atoms with Crippen LogP contribution in [0.3, 0.4) is 0 Å². The molecule has 220 valence electrons. The van der Waals surface area contributed by atoms with Gasteiger partial charge < -0.3 is 13.7 Å². The molecule has 0 spiro atoms. The predicted octanol–water partition coefficient (Wildman–Crippen LogP) is 12.9. The van der Waals surface area contributed by atoms with Gasteiger partial charge in [-0.3, -0.25) is 0 Å². The van der Waals surface area contributed by atoms with Crippen LogP contribution in [0.1, 0.15) is 0 Å². The summed E-state index contributed by atoms with van der Waals surface area (Å²) >= 11 is 0. The highest BCUT2D eigenvalue weighted by atomic mass is 16.3. The predicted molar refractivity (Wildman–Crippen MR) is 196 cm³/mol. The van der Waals surface area contributed by atoms with Crippen LogP contribution in [0.15, 0.2) is 173 Å². The van der Waals surface area contributed by atoms with E-state index in [0.717, 1.165) is 77.5 Å². The summed E-state index contributed by atoms with van der Waals surface area (Å²) in [6.07, 6.45) is 0. The first-order chi connectivity index (χ1) is 23.3. The van der Waals surface area contributed by atoms with E-state index in [1.165, 1.54) is 16.2 Å². The van der Waals surface area contributed by atoms with E-state index in [0.29, 0.717) is 0 Å². The fourth-order valence-electron chi connectivity index (χ4n) is 7.39. The number of hydrogen-bond donors (Lipinski definition) is 0. The lowest BCUT2D eigenvalue weighted by molar-refractivity contribution is 0.669. The normalized spacial score (nSPS) is 11.8. The molecule has 3 nitrogen and oxygen atoms in total. The maximum atomic E-state index is 7.09. The second-order valence-electron chi connectivity index (χ2n) is 12.0. The highest BCUT2D eigenvalue weighted by Gasteiger charge is 2.25. The monoisotopic (exact) mass is 601 g/mol. The molecule has 0 fully saturated rings. The van der Waals surface area contributed by atoms with Crippen molar-refractivity contribution in [3.63, 3.8) is 0 Å². The molecule has 0 radical (unpaired) electrons. The Morgan fingerprint density at radius 1 is 0.362 bits per heavy atom. The third kappa shape index (κ3) is 3.87. The Morgan fingerprint density at radius 3 is 1.74 bits per heavy atom. The van der Waals surface area contributed by atoms with Crippen LogP contribution in [0.5, 0.6) is 0 Å². The number of rotatable bonds is 4. The number of benzene rings is 8. The number of hydrogen-bond acceptors (Lipinski definition) is 3. The molecule has 3 heteroatoms. The quantitative estimate of drug-likeness (QED) is 0.188. The second-order valence-corrected chi connectivity index (χ2v) is 12.0. The summed E-state index contributed by atoms with van der Waals surface area (Å²) < 4.78 is 13.5. The van der Waals surface area contributed by atoms with Gasteiger partial charge in [-0.1, -0.05) is 115 Å². The van der Waals surface area contributed by atoms with Gasteiger partial charge in [0.05, 0.1) is 5.69 Å². The fourth-order valence-corrected chi connectivity index (χ4v) is 7.39. The highest BCUT2D eigenvalue weighted by molar-refractivity contribution is 6.31. The van der Waals surface area contributed by atoms with Gasteiger partial charge in [-0.15, -0.1) is 0 Å². The van der Waals surface area contributed by atoms with Gasteiger partial charge in [0, 0.05) is 49.9 Å². The summed E-state index contributed by atoms with van der Waals surface area (Å²) in [6.45, 7) is 0. The molecule has 0 atom stereocenters. The molecule has 8 aromatic carbocycles. The summed E-state index contributed by atoms with van der Waals surface area (Å²) in [5.74, 6) is 0. The van der Waals surface area contributed by atoms with Crippen LogP contribution in [0, 0.1) is 0 Å². The highest BCUT2D eigenvalue weighted by Crippen LogP contribution is 2.49. The molecule has 0 unspecified atom stereocenters. The maximum absolute atomic E-state index is 7.09. The number of para-hydroxylation sites is 2. The van der Waals surface area contributed by atoms with Gasteiger partial charge in [0.25, 0.3) is 0 Å². The molecule has 0 aliphatic carbocycles. The number of anilines is 3. The van der Waals surface area contributed by atoms with E-state index in [9.17, 15) is 0 Å². The van der Waals surface area contributed by atoms with Gasteiger partial charge in [-0.2, -0.15) is 0 Å². The Bertz CT molecular complexity index is 2790. The molecule has 2 aromatic heterocycles. The molecule has 0 saturated heterocycles. The average molecular weight is 602 g/mol. The average Bonchev–Trinajstić information content (AvgIpc) is 3.71. The maximum Gasteiger partial charge on any atom is 0.145 e. The van der Waals surface area contributed by atoms with E-state index < -0.39 is 0 Å². The Hall–Kier alpha value is -6.32. The molecular formula is C44H27NO2. The van der Waals surface area contributed by atoms with Gasteiger partial charge in [0.1, 0.15) is 22.3 Å². The van der Waals surface area contributed by atoms with Gasteiger partial charge in [-0.05, 0) is 64.2 Å². The van der Waals surface area contributed by atoms with Gasteiger partial charge >= 0.3 is 0 Å². The smallest absolute Gasteiger partial charge is 0.145 e. The lowest BCUT2D eigenvalue weighted by Gasteiger charge is -2.28. The van der Waals surface area contributed by atoms with Crippen molar-refractivity contribution in [3.8, 4) is 11.1 Å². The summed E-state index contributed by atoms with van der Waals surface area (Å²) in [5, 5.41) is 9.21. The van der Waals surface area contributed by atoms with E-state index in [4.69, 9.17) is 8.83 Å². The SMILES string of the molecule is c1ccc(-c2c(N(c3ccccc3)c3ccc4c(c3)oc3ccccc34)ccc3c2oc2c4ccccc4c4ccccc4c32)cc1. The van der Waals surface area contributed by atoms with E-state index in [2.05, 4.69) is 157 Å². The minimum absolute atomic E-state index is 0.855. The van der Waals surface area contributed by atoms with Crippen LogP contribution in [0.4, 0.5) is 17.1 Å². The fraction of sp³-hybridized carbons (Fsp3) is 0. The Morgan fingerprint density at radius 2 is 0.957 bits per heavy atom. The standard InChI is InChI=1S/C44H27NO2/c1-3-13-28(14-4-1)41-38(26-25-37-42-35-20-9-7-17-31(35)32-18-8-10-21-36(32)43(42)47-44(37)41)45(29-15-5-2-6-16-29)30-23-24-34-33-19-11-12-22-39(33)46-40(34)27-30/h1-27H. The van der Waals surface area contributed by atoms with Crippen molar-refractivity contribution < 1.29 is 8.83 Å². The van der Waals surface area contributed by atoms with Crippen molar-refractivity contribution in [3.05, 3.63) is 164 Å². The van der Waals surface area contributed by atoms with Crippen molar-refractivity contribution in [1.82, 2.24) is 0 Å². The molecule has 0 bridgehead atoms. The summed E-state index contributed by atoms with van der Waals surface area (Å²) in [7, 11) is 0. The molecule has 10 aromatic rings. The largest absolute Gasteiger partial charge is 0.456 e. The van der Waals surface area contributed by atoms with Crippen LogP contribution >= 0.6 is 0 Å². The molecule has 0 amide bonds. The van der Waals surface area contributed by atoms with E-state index in [-0.39, 0.29) is 0 Å². The number of nitrogens with zero attached hydrogens (tertiary/aromatic N) is 1. The minimum atomic E-state index is 0.855. The van der Waals surface area contributed by atoms with Crippen molar-refractivity contribution in [2.24, 2.45) is 0 Å². The lowest BCUT2D eigenvalue weighted by Crippen LogP contribution is -2.11. The second kappa shape index (κ2) is 10.1. The number of furan rings is 2. The zero-order valence-electron chi connectivity index (χ0n) is 25.4. The minimum Gasteiger partial charge on any atom is -0.456 e. The van der Waals surface area contributed by atoms with Gasteiger partial charge in [-0.25, -0.2) is 0 Å². The first kappa shape index (κ1) is 26.0. The molecule has 0 N–H and O–H groups in total. The van der Waals surface area contributed by atoms with E-state index in [1.807, 2.05) is 12.1 Å². The zero-order chi connectivity index (χ0) is 30.9. The van der Waals surface area contributed by atoms with E-state index in [1.54, 1.807) is 0 Å². The van der Waals surface area contributed by atoms with Crippen molar-refractivity contribution >= 4 is 82.5 Å². The van der Waals surface area contributed by atoms with Crippen LogP contribution < -0.4 is 4.90 Å². The Labute approximate surface area is 270 Å². The molecule has 0 aliphatic heterocycles. The first-order valence-electron chi connectivity index (χ1n) is 15.9. The van der Waals surface area contributed by atoms with Crippen LogP contribution in [0.25, 0.3) is 76.5 Å². The molecule has 0 saturated carbocycles. The molecule has 2 heterocycles. The Kier molecular flexibility index (Phi) is 5.57. The Balaban J connectivity index is 1.33. The molecular weight excluding hydrogens is 574 g/mol. The molecule has 47 heavy (non-hydrogen) atoms. The third-order valence-corrected chi connectivity index (χ3v) is 9.43. The summed E-state index contributed by atoms with van der Waals surface area (Å²) in [4.78, 5) is 2.32. The van der Waals surface area contributed by atoms with Gasteiger partial charge in [0.15, 0.2) is 0 Å². The lowest BCUT2D eigenvalue weighted by atomic mass is 9.95. The third-order valence-electron chi connectivity index (χ3n) is 9.43. The van der Waals surface area contributed by atoms with Crippen LogP contribution in [-0.2, 0) is 0 Å². The van der Waals surface area contributed by atoms with Gasteiger partial charge in [0.2, 0.25) is 0 Å². The topological polar surface area (TPSA) is 29.5 Å². The van der Waals surface area contributed by atoms with Crippen molar-refractivity contribution in [1.29, 1.82) is 0 Å². The van der Waals surface area contributed by atoms with Crippen LogP contribution in [0.2, 0.25) is 0 Å². The first-order valence-corrected chi connectivity index (χ1v) is 15.9. The van der Waals surface area contributed by atoms with E-state index >= 15 is 0 Å². The molecule has 0 aliphatic rings. The summed E-state index contributed by atoms with van der Waals surface area (Å²) in [5.41, 5.74) is 8.74. The number of fused-ring (bicyclic) bond motifs is 11.